The molecule has 1 heterocycles. The van der Waals surface area contributed by atoms with E-state index < -0.39 is 21.7 Å². The highest BCUT2D eigenvalue weighted by atomic mass is 32.2. The van der Waals surface area contributed by atoms with E-state index in [1.54, 1.807) is 49.4 Å². The lowest BCUT2D eigenvalue weighted by atomic mass is 10.2. The summed E-state index contributed by atoms with van der Waals surface area (Å²) in [7, 11) is -3.46. The number of sulfonamides is 1. The molecule has 0 aliphatic heterocycles. The molecule has 3 rings (SSSR count). The lowest BCUT2D eigenvalue weighted by Gasteiger charge is -2.08. The Balaban J connectivity index is 1.71. The average Bonchev–Trinajstić information content (AvgIpc) is 3.09. The number of amides is 1. The molecule has 7 nitrogen and oxygen atoms in total. The van der Waals surface area contributed by atoms with E-state index >= 15 is 0 Å². The van der Waals surface area contributed by atoms with Gasteiger partial charge in [-0.15, -0.1) is 6.58 Å². The zero-order valence-corrected chi connectivity index (χ0v) is 17.1. The van der Waals surface area contributed by atoms with Crippen LogP contribution >= 0.6 is 0 Å². The molecule has 1 amide bonds. The first-order valence-corrected chi connectivity index (χ1v) is 10.7. The van der Waals surface area contributed by atoms with Crippen molar-refractivity contribution in [3.05, 3.63) is 90.0 Å². The van der Waals surface area contributed by atoms with Gasteiger partial charge in [0.05, 0.1) is 23.2 Å². The van der Waals surface area contributed by atoms with Crippen LogP contribution in [-0.2, 0) is 15.8 Å². The first-order valence-electron chi connectivity index (χ1n) is 9.09. The van der Waals surface area contributed by atoms with Crippen molar-refractivity contribution >= 4 is 21.6 Å². The number of rotatable bonds is 8. The summed E-state index contributed by atoms with van der Waals surface area (Å²) in [5.41, 5.74) is 2.13. The monoisotopic (exact) mass is 428 g/mol. The fourth-order valence-corrected chi connectivity index (χ4v) is 3.94. The van der Waals surface area contributed by atoms with Crippen LogP contribution in [0, 0.1) is 12.7 Å². The number of para-hydroxylation sites is 1. The van der Waals surface area contributed by atoms with Crippen LogP contribution in [0.2, 0.25) is 0 Å². The maximum atomic E-state index is 14.0. The lowest BCUT2D eigenvalue weighted by Crippen LogP contribution is -2.25. The number of aromatic nitrogens is 2. The summed E-state index contributed by atoms with van der Waals surface area (Å²) in [5, 5.41) is 6.86. The average molecular weight is 428 g/mol. The summed E-state index contributed by atoms with van der Waals surface area (Å²) in [6, 6.07) is 12.7. The SMILES string of the molecule is C=CCNS(=O)(=O)Cc1ccc(NC(=O)c2cnn(-c3ccccc3F)c2C)cc1. The molecule has 0 bridgehead atoms. The van der Waals surface area contributed by atoms with E-state index in [1.165, 1.54) is 23.0 Å². The number of anilines is 1. The standard InChI is InChI=1S/C21H21FN4O3S/c1-3-12-24-30(28,29)14-16-8-10-17(11-9-16)25-21(27)18-13-23-26(15(18)2)20-7-5-4-6-19(20)22/h3-11,13,24H,1,12,14H2,2H3,(H,25,27). The number of nitrogens with zero attached hydrogens (tertiary/aromatic N) is 2. The van der Waals surface area contributed by atoms with Crippen molar-refractivity contribution < 1.29 is 17.6 Å². The van der Waals surface area contributed by atoms with Crippen molar-refractivity contribution in [3.63, 3.8) is 0 Å². The number of carbonyl (C=O) groups excluding carboxylic acids is 1. The van der Waals surface area contributed by atoms with Crippen LogP contribution in [0.3, 0.4) is 0 Å². The minimum atomic E-state index is -3.46. The van der Waals surface area contributed by atoms with Crippen LogP contribution in [0.25, 0.3) is 5.69 Å². The van der Waals surface area contributed by atoms with E-state index in [0.29, 0.717) is 22.5 Å². The highest BCUT2D eigenvalue weighted by molar-refractivity contribution is 7.88. The van der Waals surface area contributed by atoms with Crippen LogP contribution in [0.1, 0.15) is 21.6 Å². The second-order valence-electron chi connectivity index (χ2n) is 6.55. The van der Waals surface area contributed by atoms with E-state index in [2.05, 4.69) is 21.7 Å². The third-order valence-electron chi connectivity index (χ3n) is 4.35. The number of hydrogen-bond donors (Lipinski definition) is 2. The van der Waals surface area contributed by atoms with E-state index in [1.807, 2.05) is 0 Å². The van der Waals surface area contributed by atoms with Gasteiger partial charge in [0, 0.05) is 12.2 Å². The van der Waals surface area contributed by atoms with Crippen molar-refractivity contribution in [1.29, 1.82) is 0 Å². The molecular weight excluding hydrogens is 407 g/mol. The Hall–Kier alpha value is -3.30. The Bertz CT molecular complexity index is 1170. The van der Waals surface area contributed by atoms with E-state index in [4.69, 9.17) is 0 Å². The van der Waals surface area contributed by atoms with Crippen molar-refractivity contribution in [3.8, 4) is 5.69 Å². The van der Waals surface area contributed by atoms with Gasteiger partial charge in [0.15, 0.2) is 0 Å². The summed E-state index contributed by atoms with van der Waals surface area (Å²) < 4.78 is 41.6. The molecule has 0 aliphatic carbocycles. The zero-order chi connectivity index (χ0) is 21.7. The molecule has 1 aromatic heterocycles. The summed E-state index contributed by atoms with van der Waals surface area (Å²) in [5.74, 6) is -1.02. The molecule has 0 spiro atoms. The van der Waals surface area contributed by atoms with E-state index in [-0.39, 0.29) is 18.0 Å². The summed E-state index contributed by atoms with van der Waals surface area (Å²) in [6.07, 6.45) is 2.84. The maximum Gasteiger partial charge on any atom is 0.259 e. The Morgan fingerprint density at radius 2 is 1.90 bits per heavy atom. The molecule has 2 aromatic carbocycles. The van der Waals surface area contributed by atoms with Gasteiger partial charge in [-0.05, 0) is 36.8 Å². The van der Waals surface area contributed by atoms with Gasteiger partial charge < -0.3 is 5.32 Å². The molecule has 0 saturated heterocycles. The molecule has 0 unspecified atom stereocenters. The van der Waals surface area contributed by atoms with Gasteiger partial charge in [-0.1, -0.05) is 30.3 Å². The highest BCUT2D eigenvalue weighted by Gasteiger charge is 2.17. The number of halogens is 1. The van der Waals surface area contributed by atoms with Crippen molar-refractivity contribution in [2.24, 2.45) is 0 Å². The first kappa shape index (κ1) is 21.4. The van der Waals surface area contributed by atoms with Crippen LogP contribution in [0.5, 0.6) is 0 Å². The summed E-state index contributed by atoms with van der Waals surface area (Å²) in [4.78, 5) is 12.6. The number of carbonyl (C=O) groups is 1. The second-order valence-corrected chi connectivity index (χ2v) is 8.36. The Kier molecular flexibility index (Phi) is 6.43. The largest absolute Gasteiger partial charge is 0.322 e. The van der Waals surface area contributed by atoms with Gasteiger partial charge >= 0.3 is 0 Å². The summed E-state index contributed by atoms with van der Waals surface area (Å²) >= 11 is 0. The maximum absolute atomic E-state index is 14.0. The smallest absolute Gasteiger partial charge is 0.259 e. The topological polar surface area (TPSA) is 93.1 Å². The normalized spacial score (nSPS) is 11.3. The van der Waals surface area contributed by atoms with Crippen molar-refractivity contribution in [1.82, 2.24) is 14.5 Å². The third-order valence-corrected chi connectivity index (χ3v) is 5.67. The first-order chi connectivity index (χ1) is 14.3. The predicted octanol–water partition coefficient (Wildman–Crippen LogP) is 3.18. The van der Waals surface area contributed by atoms with Crippen molar-refractivity contribution in [2.75, 3.05) is 11.9 Å². The molecule has 3 aromatic rings. The molecule has 0 atom stereocenters. The Morgan fingerprint density at radius 1 is 1.20 bits per heavy atom. The molecule has 0 saturated carbocycles. The fraction of sp³-hybridized carbons (Fsp3) is 0.143. The van der Waals surface area contributed by atoms with Gasteiger partial charge in [0.1, 0.15) is 11.5 Å². The van der Waals surface area contributed by atoms with Crippen LogP contribution < -0.4 is 10.0 Å². The Labute approximate surface area is 174 Å². The molecule has 30 heavy (non-hydrogen) atoms. The predicted molar refractivity (Wildman–Crippen MR) is 113 cm³/mol. The minimum Gasteiger partial charge on any atom is -0.322 e. The van der Waals surface area contributed by atoms with Gasteiger partial charge in [-0.25, -0.2) is 22.2 Å². The van der Waals surface area contributed by atoms with Crippen LogP contribution in [0.4, 0.5) is 10.1 Å². The van der Waals surface area contributed by atoms with Gasteiger partial charge in [0.25, 0.3) is 5.91 Å². The van der Waals surface area contributed by atoms with Gasteiger partial charge in [0.2, 0.25) is 10.0 Å². The lowest BCUT2D eigenvalue weighted by molar-refractivity contribution is 0.102. The van der Waals surface area contributed by atoms with E-state index in [9.17, 15) is 17.6 Å². The zero-order valence-electron chi connectivity index (χ0n) is 16.3. The number of benzene rings is 2. The summed E-state index contributed by atoms with van der Waals surface area (Å²) in [6.45, 7) is 5.31. The third kappa shape index (κ3) is 5.00. The van der Waals surface area contributed by atoms with Gasteiger partial charge in [-0.2, -0.15) is 5.10 Å². The minimum absolute atomic E-state index is 0.163. The highest BCUT2D eigenvalue weighted by Crippen LogP contribution is 2.19. The molecule has 0 aliphatic rings. The molecular formula is C21H21FN4O3S. The quantitative estimate of drug-likeness (QED) is 0.539. The number of nitrogens with one attached hydrogen (secondary N) is 2. The van der Waals surface area contributed by atoms with Gasteiger partial charge in [-0.3, -0.25) is 4.79 Å². The molecule has 0 radical (unpaired) electrons. The van der Waals surface area contributed by atoms with Crippen LogP contribution in [-0.4, -0.2) is 30.7 Å². The molecule has 2 N–H and O–H groups in total. The molecule has 9 heteroatoms. The number of hydrogen-bond acceptors (Lipinski definition) is 4. The molecule has 0 fully saturated rings. The molecule has 156 valence electrons. The fourth-order valence-electron chi connectivity index (χ4n) is 2.84. The Morgan fingerprint density at radius 3 is 2.57 bits per heavy atom. The van der Waals surface area contributed by atoms with Crippen molar-refractivity contribution in [2.45, 2.75) is 12.7 Å². The van der Waals surface area contributed by atoms with Crippen LogP contribution in [0.15, 0.2) is 67.4 Å². The second kappa shape index (κ2) is 9.02. The van der Waals surface area contributed by atoms with E-state index in [0.717, 1.165) is 0 Å².